The van der Waals surface area contributed by atoms with E-state index in [-0.39, 0.29) is 12.1 Å². The lowest BCUT2D eigenvalue weighted by molar-refractivity contribution is -0.0154. The number of aliphatic hydroxyl groups is 1. The molecular formula is C12H24N2O3. The number of carbonyl (C=O) groups is 1. The van der Waals surface area contributed by atoms with Gasteiger partial charge in [0.25, 0.3) is 0 Å². The van der Waals surface area contributed by atoms with Crippen molar-refractivity contribution in [1.82, 2.24) is 10.4 Å². The van der Waals surface area contributed by atoms with E-state index in [9.17, 15) is 9.90 Å². The van der Waals surface area contributed by atoms with Crippen molar-refractivity contribution >= 4 is 6.03 Å². The summed E-state index contributed by atoms with van der Waals surface area (Å²) < 4.78 is 0. The van der Waals surface area contributed by atoms with Gasteiger partial charge >= 0.3 is 6.03 Å². The summed E-state index contributed by atoms with van der Waals surface area (Å²) in [5, 5.41) is 9.69. The Morgan fingerprint density at radius 1 is 1.47 bits per heavy atom. The Labute approximate surface area is 103 Å². The Kier molecular flexibility index (Phi) is 5.21. The quantitative estimate of drug-likeness (QED) is 0.723. The van der Waals surface area contributed by atoms with Gasteiger partial charge in [0.05, 0.1) is 18.2 Å². The SMILES string of the molecule is CCN(CC(C)(C)O)C(=O)NOC1CCCC1. The molecule has 0 unspecified atom stereocenters. The van der Waals surface area contributed by atoms with Crippen molar-refractivity contribution < 1.29 is 14.7 Å². The molecule has 0 radical (unpaired) electrons. The number of likely N-dealkylation sites (N-methyl/N-ethyl adjacent to an activating group) is 1. The van der Waals surface area contributed by atoms with Gasteiger partial charge in [-0.3, -0.25) is 4.84 Å². The molecule has 0 spiro atoms. The van der Waals surface area contributed by atoms with Crippen LogP contribution in [0, 0.1) is 0 Å². The van der Waals surface area contributed by atoms with Gasteiger partial charge in [0.2, 0.25) is 0 Å². The highest BCUT2D eigenvalue weighted by molar-refractivity contribution is 5.73. The van der Waals surface area contributed by atoms with Crippen LogP contribution in [0.2, 0.25) is 0 Å². The molecule has 1 aliphatic carbocycles. The molecule has 0 bridgehead atoms. The Bertz CT molecular complexity index is 245. The maximum absolute atomic E-state index is 11.8. The van der Waals surface area contributed by atoms with E-state index >= 15 is 0 Å². The van der Waals surface area contributed by atoms with Gasteiger partial charge in [-0.2, -0.15) is 0 Å². The molecule has 5 heteroatoms. The van der Waals surface area contributed by atoms with E-state index in [0.717, 1.165) is 12.8 Å². The predicted molar refractivity (Wildman–Crippen MR) is 65.4 cm³/mol. The van der Waals surface area contributed by atoms with E-state index in [1.807, 2.05) is 6.92 Å². The maximum Gasteiger partial charge on any atom is 0.341 e. The Hall–Kier alpha value is -0.810. The molecule has 0 aromatic heterocycles. The first-order valence-electron chi connectivity index (χ1n) is 6.35. The molecule has 0 aliphatic heterocycles. The molecule has 0 heterocycles. The van der Waals surface area contributed by atoms with Crippen molar-refractivity contribution in [1.29, 1.82) is 0 Å². The predicted octanol–water partition coefficient (Wildman–Crippen LogP) is 1.66. The van der Waals surface area contributed by atoms with E-state index in [2.05, 4.69) is 5.48 Å². The minimum Gasteiger partial charge on any atom is -0.389 e. The summed E-state index contributed by atoms with van der Waals surface area (Å²) in [6.07, 6.45) is 4.51. The maximum atomic E-state index is 11.8. The van der Waals surface area contributed by atoms with Crippen LogP contribution < -0.4 is 5.48 Å². The second kappa shape index (κ2) is 6.21. The molecule has 5 nitrogen and oxygen atoms in total. The summed E-state index contributed by atoms with van der Waals surface area (Å²) in [4.78, 5) is 18.7. The van der Waals surface area contributed by atoms with Crippen LogP contribution in [0.3, 0.4) is 0 Å². The summed E-state index contributed by atoms with van der Waals surface area (Å²) in [5.74, 6) is 0. The number of hydroxylamine groups is 1. The van der Waals surface area contributed by atoms with Crippen LogP contribution in [0.4, 0.5) is 4.79 Å². The second-order valence-electron chi connectivity index (χ2n) is 5.26. The second-order valence-corrected chi connectivity index (χ2v) is 5.26. The molecule has 1 aliphatic rings. The number of nitrogens with zero attached hydrogens (tertiary/aromatic N) is 1. The lowest BCUT2D eigenvalue weighted by Gasteiger charge is -2.28. The largest absolute Gasteiger partial charge is 0.389 e. The summed E-state index contributed by atoms with van der Waals surface area (Å²) >= 11 is 0. The third-order valence-electron chi connectivity index (χ3n) is 2.86. The third kappa shape index (κ3) is 5.37. The highest BCUT2D eigenvalue weighted by Gasteiger charge is 2.23. The first-order valence-corrected chi connectivity index (χ1v) is 6.35. The van der Waals surface area contributed by atoms with Crippen molar-refractivity contribution in [2.75, 3.05) is 13.1 Å². The lowest BCUT2D eigenvalue weighted by atomic mass is 10.1. The van der Waals surface area contributed by atoms with Crippen LogP contribution in [0.5, 0.6) is 0 Å². The summed E-state index contributed by atoms with van der Waals surface area (Å²) in [6, 6.07) is -0.276. The van der Waals surface area contributed by atoms with Crippen molar-refractivity contribution in [3.8, 4) is 0 Å². The Morgan fingerprint density at radius 2 is 2.06 bits per heavy atom. The normalized spacial score (nSPS) is 17.2. The molecular weight excluding hydrogens is 220 g/mol. The zero-order chi connectivity index (χ0) is 12.9. The van der Waals surface area contributed by atoms with Crippen LogP contribution >= 0.6 is 0 Å². The van der Waals surface area contributed by atoms with Crippen molar-refractivity contribution in [3.63, 3.8) is 0 Å². The number of nitrogens with one attached hydrogen (secondary N) is 1. The Morgan fingerprint density at radius 3 is 2.53 bits per heavy atom. The summed E-state index contributed by atoms with van der Waals surface area (Å²) in [5.41, 5.74) is 1.59. The van der Waals surface area contributed by atoms with Crippen LogP contribution in [0.15, 0.2) is 0 Å². The molecule has 2 N–H and O–H groups in total. The van der Waals surface area contributed by atoms with Gasteiger partial charge in [-0.15, -0.1) is 0 Å². The first-order chi connectivity index (χ1) is 7.92. The minimum atomic E-state index is -0.888. The van der Waals surface area contributed by atoms with E-state index in [1.54, 1.807) is 13.8 Å². The zero-order valence-electron chi connectivity index (χ0n) is 11.0. The number of carbonyl (C=O) groups excluding carboxylic acids is 1. The zero-order valence-corrected chi connectivity index (χ0v) is 11.0. The van der Waals surface area contributed by atoms with Gasteiger partial charge in [0.15, 0.2) is 0 Å². The van der Waals surface area contributed by atoms with Gasteiger partial charge in [-0.1, -0.05) is 12.8 Å². The van der Waals surface area contributed by atoms with Crippen LogP contribution in [0.25, 0.3) is 0 Å². The molecule has 2 amide bonds. The summed E-state index contributed by atoms with van der Waals surface area (Å²) in [6.45, 7) is 6.08. The molecule has 0 saturated heterocycles. The number of hydrogen-bond acceptors (Lipinski definition) is 3. The van der Waals surface area contributed by atoms with Gasteiger partial charge in [-0.05, 0) is 33.6 Å². The lowest BCUT2D eigenvalue weighted by Crippen LogP contribution is -2.47. The first kappa shape index (κ1) is 14.3. The molecule has 0 aromatic rings. The van der Waals surface area contributed by atoms with Crippen LogP contribution in [-0.2, 0) is 4.84 Å². The minimum absolute atomic E-state index is 0.153. The molecule has 1 saturated carbocycles. The highest BCUT2D eigenvalue weighted by Crippen LogP contribution is 2.19. The molecule has 0 atom stereocenters. The Balaban J connectivity index is 2.32. The van der Waals surface area contributed by atoms with Gasteiger partial charge in [0, 0.05) is 6.54 Å². The molecule has 0 aromatic carbocycles. The molecule has 17 heavy (non-hydrogen) atoms. The van der Waals surface area contributed by atoms with Crippen molar-refractivity contribution in [2.24, 2.45) is 0 Å². The summed E-state index contributed by atoms with van der Waals surface area (Å²) in [7, 11) is 0. The van der Waals surface area contributed by atoms with Crippen molar-refractivity contribution in [2.45, 2.75) is 58.2 Å². The van der Waals surface area contributed by atoms with Crippen molar-refractivity contribution in [3.05, 3.63) is 0 Å². The van der Waals surface area contributed by atoms with Gasteiger partial charge in [0.1, 0.15) is 0 Å². The average Bonchev–Trinajstić information content (AvgIpc) is 2.74. The number of hydrogen-bond donors (Lipinski definition) is 2. The standard InChI is InChI=1S/C12H24N2O3/c1-4-14(9-12(2,3)16)11(15)13-17-10-7-5-6-8-10/h10,16H,4-9H2,1-3H3,(H,13,15). The fraction of sp³-hybridized carbons (Fsp3) is 0.917. The number of amides is 2. The highest BCUT2D eigenvalue weighted by atomic mass is 16.7. The number of rotatable bonds is 5. The fourth-order valence-electron chi connectivity index (χ4n) is 2.00. The van der Waals surface area contributed by atoms with E-state index in [0.29, 0.717) is 13.1 Å². The van der Waals surface area contributed by atoms with E-state index < -0.39 is 5.60 Å². The van der Waals surface area contributed by atoms with Gasteiger partial charge < -0.3 is 10.0 Å². The molecule has 100 valence electrons. The van der Waals surface area contributed by atoms with Gasteiger partial charge in [-0.25, -0.2) is 10.3 Å². The van der Waals surface area contributed by atoms with E-state index in [1.165, 1.54) is 17.7 Å². The number of urea groups is 1. The van der Waals surface area contributed by atoms with Crippen LogP contribution in [0.1, 0.15) is 46.5 Å². The van der Waals surface area contributed by atoms with Crippen LogP contribution in [-0.4, -0.2) is 40.8 Å². The third-order valence-corrected chi connectivity index (χ3v) is 2.86. The van der Waals surface area contributed by atoms with E-state index in [4.69, 9.17) is 4.84 Å². The molecule has 1 fully saturated rings. The fourth-order valence-corrected chi connectivity index (χ4v) is 2.00. The molecule has 1 rings (SSSR count). The smallest absolute Gasteiger partial charge is 0.341 e. The monoisotopic (exact) mass is 244 g/mol. The topological polar surface area (TPSA) is 61.8 Å². The average molecular weight is 244 g/mol.